The molecule has 0 spiro atoms. The van der Waals surface area contributed by atoms with E-state index < -0.39 is 0 Å². The quantitative estimate of drug-likeness (QED) is 0.772. The van der Waals surface area contributed by atoms with Crippen molar-refractivity contribution in [2.24, 2.45) is 0 Å². The van der Waals surface area contributed by atoms with E-state index >= 15 is 0 Å². The molecule has 0 unspecified atom stereocenters. The molecule has 1 aromatic carbocycles. The van der Waals surface area contributed by atoms with Crippen LogP contribution in [0.4, 0.5) is 0 Å². The maximum absolute atomic E-state index is 12.8. The molecular formula is C22H34N2O2. The Morgan fingerprint density at radius 1 is 1.04 bits per heavy atom. The molecule has 2 fully saturated rings. The van der Waals surface area contributed by atoms with Crippen molar-refractivity contribution in [3.63, 3.8) is 0 Å². The highest BCUT2D eigenvalue weighted by atomic mass is 16.5. The standard InChI is InChI=1S/C22H34N2O2/c1-18-9-8-10-19(2)22(18)26-17-21(25)24-15-7-4-11-20(24)12-16-23-13-5-3-6-14-23/h8-10,20H,3-7,11-17H2,1-2H3/t20-/m1/s1. The third kappa shape index (κ3) is 5.00. The SMILES string of the molecule is Cc1cccc(C)c1OCC(=O)N1CCCC[C@@H]1CCN1CCCCC1. The van der Waals surface area contributed by atoms with Crippen LogP contribution >= 0.6 is 0 Å². The second-order valence-corrected chi connectivity index (χ2v) is 7.94. The molecule has 1 amide bonds. The molecule has 1 atom stereocenters. The zero-order valence-corrected chi connectivity index (χ0v) is 16.5. The normalized spacial score (nSPS) is 21.6. The summed E-state index contributed by atoms with van der Waals surface area (Å²) in [6, 6.07) is 6.49. The fourth-order valence-corrected chi connectivity index (χ4v) is 4.39. The summed E-state index contributed by atoms with van der Waals surface area (Å²) in [5.74, 6) is 1.01. The number of hydrogen-bond acceptors (Lipinski definition) is 3. The Balaban J connectivity index is 1.53. The summed E-state index contributed by atoms with van der Waals surface area (Å²) in [4.78, 5) is 17.5. The summed E-state index contributed by atoms with van der Waals surface area (Å²) in [7, 11) is 0. The van der Waals surface area contributed by atoms with Crippen molar-refractivity contribution in [3.05, 3.63) is 29.3 Å². The van der Waals surface area contributed by atoms with Crippen LogP contribution in [0.25, 0.3) is 0 Å². The lowest BCUT2D eigenvalue weighted by Crippen LogP contribution is -2.47. The molecule has 0 aromatic heterocycles. The summed E-state index contributed by atoms with van der Waals surface area (Å²) in [5.41, 5.74) is 2.19. The first-order chi connectivity index (χ1) is 12.6. The van der Waals surface area contributed by atoms with E-state index in [1.54, 1.807) is 0 Å². The van der Waals surface area contributed by atoms with Crippen molar-refractivity contribution >= 4 is 5.91 Å². The first-order valence-electron chi connectivity index (χ1n) is 10.4. The highest BCUT2D eigenvalue weighted by molar-refractivity contribution is 5.78. The van der Waals surface area contributed by atoms with Gasteiger partial charge < -0.3 is 14.5 Å². The smallest absolute Gasteiger partial charge is 0.260 e. The van der Waals surface area contributed by atoms with Gasteiger partial charge in [0.25, 0.3) is 5.91 Å². The van der Waals surface area contributed by atoms with Gasteiger partial charge in [-0.1, -0.05) is 24.6 Å². The number of hydrogen-bond donors (Lipinski definition) is 0. The number of amides is 1. The molecule has 0 aliphatic carbocycles. The Kier molecular flexibility index (Phi) is 6.95. The van der Waals surface area contributed by atoms with Crippen LogP contribution in [0, 0.1) is 13.8 Å². The highest BCUT2D eigenvalue weighted by Gasteiger charge is 2.27. The number of carbonyl (C=O) groups is 1. The molecule has 2 saturated heterocycles. The zero-order valence-electron chi connectivity index (χ0n) is 16.5. The minimum absolute atomic E-state index is 0.149. The van der Waals surface area contributed by atoms with Gasteiger partial charge in [0.2, 0.25) is 0 Å². The lowest BCUT2D eigenvalue weighted by molar-refractivity contribution is -0.137. The van der Waals surface area contributed by atoms with Gasteiger partial charge in [-0.3, -0.25) is 4.79 Å². The molecule has 0 N–H and O–H groups in total. The van der Waals surface area contributed by atoms with Crippen LogP contribution in [0.2, 0.25) is 0 Å². The molecule has 2 heterocycles. The first kappa shape index (κ1) is 19.2. The average molecular weight is 359 g/mol. The minimum atomic E-state index is 0.149. The van der Waals surface area contributed by atoms with E-state index in [4.69, 9.17) is 4.74 Å². The molecule has 0 bridgehead atoms. The van der Waals surface area contributed by atoms with Gasteiger partial charge in [-0.2, -0.15) is 0 Å². The van der Waals surface area contributed by atoms with Crippen LogP contribution < -0.4 is 4.74 Å². The van der Waals surface area contributed by atoms with Crippen molar-refractivity contribution in [1.82, 2.24) is 9.80 Å². The third-order valence-corrected chi connectivity index (χ3v) is 5.92. The molecule has 26 heavy (non-hydrogen) atoms. The number of rotatable bonds is 6. The summed E-state index contributed by atoms with van der Waals surface area (Å²) in [5, 5.41) is 0. The molecule has 1 aromatic rings. The monoisotopic (exact) mass is 358 g/mol. The average Bonchev–Trinajstić information content (AvgIpc) is 2.67. The first-order valence-corrected chi connectivity index (χ1v) is 10.4. The number of aryl methyl sites for hydroxylation is 2. The molecule has 0 saturated carbocycles. The maximum Gasteiger partial charge on any atom is 0.260 e. The molecule has 0 radical (unpaired) electrons. The predicted octanol–water partition coefficient (Wildman–Crippen LogP) is 3.94. The zero-order chi connectivity index (χ0) is 18.4. The van der Waals surface area contributed by atoms with Crippen molar-refractivity contribution in [1.29, 1.82) is 0 Å². The topological polar surface area (TPSA) is 32.8 Å². The number of carbonyl (C=O) groups excluding carboxylic acids is 1. The number of nitrogens with zero attached hydrogens (tertiary/aromatic N) is 2. The Bertz CT molecular complexity index is 576. The largest absolute Gasteiger partial charge is 0.483 e. The van der Waals surface area contributed by atoms with Crippen molar-refractivity contribution in [2.75, 3.05) is 32.8 Å². The summed E-state index contributed by atoms with van der Waals surface area (Å²) >= 11 is 0. The maximum atomic E-state index is 12.8. The van der Waals surface area contributed by atoms with Crippen molar-refractivity contribution < 1.29 is 9.53 Å². The summed E-state index contributed by atoms with van der Waals surface area (Å²) < 4.78 is 5.92. The van der Waals surface area contributed by atoms with Crippen LogP contribution in [0.1, 0.15) is 56.1 Å². The van der Waals surface area contributed by atoms with Crippen molar-refractivity contribution in [3.8, 4) is 5.75 Å². The lowest BCUT2D eigenvalue weighted by atomic mass is 9.98. The predicted molar refractivity (Wildman–Crippen MR) is 106 cm³/mol. The molecule has 3 rings (SSSR count). The van der Waals surface area contributed by atoms with Gasteiger partial charge in [0.15, 0.2) is 6.61 Å². The Hall–Kier alpha value is -1.55. The van der Waals surface area contributed by atoms with Gasteiger partial charge in [0.1, 0.15) is 5.75 Å². The molecule has 2 aliphatic heterocycles. The number of ether oxygens (including phenoxy) is 1. The summed E-state index contributed by atoms with van der Waals surface area (Å²) in [6.07, 6.45) is 8.65. The van der Waals surface area contributed by atoms with Crippen LogP contribution in [-0.2, 0) is 4.79 Å². The van der Waals surface area contributed by atoms with Crippen LogP contribution in [0.3, 0.4) is 0 Å². The number of benzene rings is 1. The summed E-state index contributed by atoms with van der Waals surface area (Å²) in [6.45, 7) is 8.72. The minimum Gasteiger partial charge on any atom is -0.483 e. The second kappa shape index (κ2) is 9.40. The Labute approximate surface area is 158 Å². The molecule has 144 valence electrons. The van der Waals surface area contributed by atoms with E-state index in [1.807, 2.05) is 32.0 Å². The third-order valence-electron chi connectivity index (χ3n) is 5.92. The van der Waals surface area contributed by atoms with Crippen molar-refractivity contribution in [2.45, 2.75) is 64.8 Å². The van der Waals surface area contributed by atoms with E-state index in [0.29, 0.717) is 6.04 Å². The van der Waals surface area contributed by atoms with E-state index in [9.17, 15) is 4.79 Å². The van der Waals surface area contributed by atoms with Gasteiger partial charge in [-0.05, 0) is 76.6 Å². The highest BCUT2D eigenvalue weighted by Crippen LogP contribution is 2.24. The van der Waals surface area contributed by atoms with E-state index in [2.05, 4.69) is 9.80 Å². The van der Waals surface area contributed by atoms with Gasteiger partial charge in [-0.25, -0.2) is 0 Å². The second-order valence-electron chi connectivity index (χ2n) is 7.94. The fraction of sp³-hybridized carbons (Fsp3) is 0.682. The van der Waals surface area contributed by atoms with Crippen LogP contribution in [0.15, 0.2) is 18.2 Å². The van der Waals surface area contributed by atoms with E-state index in [0.717, 1.165) is 49.2 Å². The van der Waals surface area contributed by atoms with E-state index in [-0.39, 0.29) is 12.5 Å². The molecular weight excluding hydrogens is 324 g/mol. The Morgan fingerprint density at radius 2 is 1.73 bits per heavy atom. The fourth-order valence-electron chi connectivity index (χ4n) is 4.39. The number of piperidine rings is 2. The van der Waals surface area contributed by atoms with Crippen LogP contribution in [0.5, 0.6) is 5.75 Å². The van der Waals surface area contributed by atoms with Gasteiger partial charge in [-0.15, -0.1) is 0 Å². The van der Waals surface area contributed by atoms with Gasteiger partial charge >= 0.3 is 0 Å². The van der Waals surface area contributed by atoms with Gasteiger partial charge in [0, 0.05) is 19.1 Å². The molecule has 4 nitrogen and oxygen atoms in total. The molecule has 4 heteroatoms. The van der Waals surface area contributed by atoms with E-state index in [1.165, 1.54) is 38.8 Å². The van der Waals surface area contributed by atoms with Gasteiger partial charge in [0.05, 0.1) is 0 Å². The Morgan fingerprint density at radius 3 is 2.46 bits per heavy atom. The molecule has 2 aliphatic rings. The number of para-hydroxylation sites is 1. The number of likely N-dealkylation sites (tertiary alicyclic amines) is 2. The van der Waals surface area contributed by atoms with Crippen LogP contribution in [-0.4, -0.2) is 54.5 Å². The lowest BCUT2D eigenvalue weighted by Gasteiger charge is -2.37.